The van der Waals surface area contributed by atoms with Gasteiger partial charge >= 0.3 is 6.03 Å². The first-order chi connectivity index (χ1) is 11.7. The molecular weight excluding hydrogens is 318 g/mol. The molecule has 0 spiro atoms. The molecule has 0 saturated carbocycles. The Hall–Kier alpha value is -2.66. The molecule has 1 aromatic heterocycles. The molecule has 0 radical (unpaired) electrons. The van der Waals surface area contributed by atoms with E-state index < -0.39 is 0 Å². The van der Waals surface area contributed by atoms with E-state index in [2.05, 4.69) is 40.7 Å². The number of nitrogens with zero attached hydrogens (tertiary/aromatic N) is 1. The van der Waals surface area contributed by atoms with Crippen LogP contribution < -0.4 is 10.6 Å². The Morgan fingerprint density at radius 1 is 1.21 bits per heavy atom. The highest BCUT2D eigenvalue weighted by atomic mass is 32.1. The molecule has 1 heterocycles. The second-order valence-corrected chi connectivity index (χ2v) is 6.51. The number of hydrogen-bond acceptors (Lipinski definition) is 3. The number of fused-ring (bicyclic) bond motifs is 1. The molecule has 0 aliphatic carbocycles. The van der Waals surface area contributed by atoms with Crippen molar-refractivity contribution in [3.05, 3.63) is 60.3 Å². The van der Waals surface area contributed by atoms with Crippen LogP contribution in [0, 0.1) is 6.92 Å². The van der Waals surface area contributed by atoms with Crippen LogP contribution in [0.15, 0.2) is 54.7 Å². The molecule has 2 amide bonds. The Balaban J connectivity index is 1.73. The van der Waals surface area contributed by atoms with Gasteiger partial charge in [-0.3, -0.25) is 0 Å². The van der Waals surface area contributed by atoms with Crippen LogP contribution in [-0.2, 0) is 0 Å². The fourth-order valence-corrected chi connectivity index (χ4v) is 3.34. The largest absolute Gasteiger partial charge is 0.323 e. The van der Waals surface area contributed by atoms with Crippen LogP contribution in [-0.4, -0.2) is 11.0 Å². The molecule has 2 N–H and O–H groups in total. The first-order valence-corrected chi connectivity index (χ1v) is 8.67. The molecule has 122 valence electrons. The standard InChI is InChI=1S/C19H19N3OS/c1-3-4-11-20-19(23)21-15-8-6-14(7-9-15)18-22-16-10-5-13(2)12-17(16)24-18/h4-12H,3H2,1-2H3,(H2,20,21,23)/b11-4+. The van der Waals surface area contributed by atoms with Gasteiger partial charge in [0.05, 0.1) is 10.2 Å². The Kier molecular flexibility index (Phi) is 4.91. The number of allylic oxidation sites excluding steroid dienone is 1. The topological polar surface area (TPSA) is 54.0 Å². The lowest BCUT2D eigenvalue weighted by molar-refractivity contribution is 0.255. The summed E-state index contributed by atoms with van der Waals surface area (Å²) in [6.45, 7) is 4.10. The third kappa shape index (κ3) is 3.81. The van der Waals surface area contributed by atoms with E-state index >= 15 is 0 Å². The van der Waals surface area contributed by atoms with Crippen LogP contribution in [0.4, 0.5) is 10.5 Å². The number of anilines is 1. The number of urea groups is 1. The minimum absolute atomic E-state index is 0.247. The average molecular weight is 337 g/mol. The maximum atomic E-state index is 11.7. The Labute approximate surface area is 145 Å². The van der Waals surface area contributed by atoms with E-state index in [4.69, 9.17) is 0 Å². The van der Waals surface area contributed by atoms with Gasteiger partial charge in [0, 0.05) is 17.5 Å². The molecule has 0 fully saturated rings. The number of nitrogens with one attached hydrogen (secondary N) is 2. The first kappa shape index (κ1) is 16.2. The highest BCUT2D eigenvalue weighted by Gasteiger charge is 2.07. The van der Waals surface area contributed by atoms with Gasteiger partial charge in [-0.05, 0) is 55.3 Å². The summed E-state index contributed by atoms with van der Waals surface area (Å²) in [5, 5.41) is 6.44. The van der Waals surface area contributed by atoms with Crippen molar-refractivity contribution >= 4 is 33.3 Å². The molecular formula is C19H19N3OS. The zero-order chi connectivity index (χ0) is 16.9. The van der Waals surface area contributed by atoms with Gasteiger partial charge in [-0.25, -0.2) is 9.78 Å². The zero-order valence-corrected chi connectivity index (χ0v) is 14.5. The lowest BCUT2D eigenvalue weighted by Crippen LogP contribution is -2.23. The van der Waals surface area contributed by atoms with Crippen molar-refractivity contribution in [1.82, 2.24) is 10.3 Å². The molecule has 24 heavy (non-hydrogen) atoms. The fraction of sp³-hybridized carbons (Fsp3) is 0.158. The van der Waals surface area contributed by atoms with E-state index in [-0.39, 0.29) is 6.03 Å². The predicted molar refractivity (Wildman–Crippen MR) is 101 cm³/mol. The fourth-order valence-electron chi connectivity index (χ4n) is 2.27. The van der Waals surface area contributed by atoms with Crippen LogP contribution in [0.3, 0.4) is 0 Å². The van der Waals surface area contributed by atoms with Gasteiger partial charge in [-0.1, -0.05) is 19.1 Å². The first-order valence-electron chi connectivity index (χ1n) is 7.86. The number of aromatic nitrogens is 1. The minimum atomic E-state index is -0.247. The van der Waals surface area contributed by atoms with Gasteiger partial charge in [0.15, 0.2) is 0 Å². The van der Waals surface area contributed by atoms with Crippen LogP contribution >= 0.6 is 11.3 Å². The summed E-state index contributed by atoms with van der Waals surface area (Å²) < 4.78 is 1.19. The maximum Gasteiger partial charge on any atom is 0.323 e. The van der Waals surface area contributed by atoms with Crippen molar-refractivity contribution in [3.63, 3.8) is 0 Å². The summed E-state index contributed by atoms with van der Waals surface area (Å²) in [5.41, 5.74) is 4.05. The highest BCUT2D eigenvalue weighted by molar-refractivity contribution is 7.21. The van der Waals surface area contributed by atoms with Crippen molar-refractivity contribution in [1.29, 1.82) is 0 Å². The highest BCUT2D eigenvalue weighted by Crippen LogP contribution is 2.31. The third-order valence-electron chi connectivity index (χ3n) is 3.50. The van der Waals surface area contributed by atoms with E-state index in [0.29, 0.717) is 0 Å². The van der Waals surface area contributed by atoms with Crippen molar-refractivity contribution < 1.29 is 4.79 Å². The summed E-state index contributed by atoms with van der Waals surface area (Å²) in [4.78, 5) is 16.4. The number of rotatable bonds is 4. The number of thiazole rings is 1. The van der Waals surface area contributed by atoms with E-state index in [1.165, 1.54) is 10.3 Å². The van der Waals surface area contributed by atoms with E-state index in [1.807, 2.05) is 37.3 Å². The van der Waals surface area contributed by atoms with E-state index in [9.17, 15) is 4.79 Å². The average Bonchev–Trinajstić information content (AvgIpc) is 2.99. The Morgan fingerprint density at radius 3 is 2.75 bits per heavy atom. The quantitative estimate of drug-likeness (QED) is 0.677. The molecule has 0 saturated heterocycles. The maximum absolute atomic E-state index is 11.7. The summed E-state index contributed by atoms with van der Waals surface area (Å²) in [6.07, 6.45) is 4.42. The van der Waals surface area contributed by atoms with Crippen LogP contribution in [0.25, 0.3) is 20.8 Å². The Morgan fingerprint density at radius 2 is 2.00 bits per heavy atom. The summed E-state index contributed by atoms with van der Waals surface area (Å²) in [5.74, 6) is 0. The minimum Gasteiger partial charge on any atom is -0.315 e. The van der Waals surface area contributed by atoms with Gasteiger partial charge < -0.3 is 10.6 Å². The molecule has 2 aromatic carbocycles. The predicted octanol–water partition coefficient (Wildman–Crippen LogP) is 5.32. The van der Waals surface area contributed by atoms with Crippen molar-refractivity contribution in [2.75, 3.05) is 5.32 Å². The number of hydrogen-bond donors (Lipinski definition) is 2. The van der Waals surface area contributed by atoms with Gasteiger partial charge in [0.2, 0.25) is 0 Å². The third-order valence-corrected chi connectivity index (χ3v) is 4.57. The summed E-state index contributed by atoms with van der Waals surface area (Å²) in [7, 11) is 0. The van der Waals surface area contributed by atoms with Crippen molar-refractivity contribution in [2.24, 2.45) is 0 Å². The number of benzene rings is 2. The molecule has 4 nitrogen and oxygen atoms in total. The van der Waals surface area contributed by atoms with Crippen LogP contribution in [0.1, 0.15) is 18.9 Å². The van der Waals surface area contributed by atoms with Gasteiger partial charge in [0.1, 0.15) is 5.01 Å². The normalized spacial score (nSPS) is 11.1. The van der Waals surface area contributed by atoms with Gasteiger partial charge in [-0.2, -0.15) is 0 Å². The van der Waals surface area contributed by atoms with Gasteiger partial charge in [-0.15, -0.1) is 11.3 Å². The second kappa shape index (κ2) is 7.27. The number of carbonyl (C=O) groups excluding carboxylic acids is 1. The Bertz CT molecular complexity index is 881. The second-order valence-electron chi connectivity index (χ2n) is 5.48. The lowest BCUT2D eigenvalue weighted by Gasteiger charge is -2.05. The molecule has 3 rings (SSSR count). The number of amides is 2. The van der Waals surface area contributed by atoms with Gasteiger partial charge in [0.25, 0.3) is 0 Å². The monoisotopic (exact) mass is 337 g/mol. The summed E-state index contributed by atoms with van der Waals surface area (Å²) >= 11 is 1.68. The van der Waals surface area contributed by atoms with Crippen LogP contribution in [0.2, 0.25) is 0 Å². The lowest BCUT2D eigenvalue weighted by atomic mass is 10.2. The van der Waals surface area contributed by atoms with E-state index in [1.54, 1.807) is 17.5 Å². The van der Waals surface area contributed by atoms with E-state index in [0.717, 1.165) is 28.2 Å². The SMILES string of the molecule is CC/C=C/NC(=O)Nc1ccc(-c2nc3ccc(C)cc3s2)cc1. The number of carbonyl (C=O) groups is 1. The summed E-state index contributed by atoms with van der Waals surface area (Å²) in [6, 6.07) is 13.7. The molecule has 3 aromatic rings. The van der Waals surface area contributed by atoms with Crippen molar-refractivity contribution in [3.8, 4) is 10.6 Å². The molecule has 0 bridgehead atoms. The smallest absolute Gasteiger partial charge is 0.315 e. The van der Waals surface area contributed by atoms with Crippen LogP contribution in [0.5, 0.6) is 0 Å². The molecule has 0 atom stereocenters. The molecule has 0 aliphatic heterocycles. The zero-order valence-electron chi connectivity index (χ0n) is 13.7. The molecule has 0 aliphatic rings. The van der Waals surface area contributed by atoms with Crippen molar-refractivity contribution in [2.45, 2.75) is 20.3 Å². The number of aryl methyl sites for hydroxylation is 1. The molecule has 5 heteroatoms. The molecule has 0 unspecified atom stereocenters.